The van der Waals surface area contributed by atoms with Gasteiger partial charge in [0.25, 0.3) is 0 Å². The van der Waals surface area contributed by atoms with Crippen LogP contribution in [0.1, 0.15) is 52.9 Å². The molecule has 5 rings (SSSR count). The average molecular weight is 470 g/mol. The summed E-state index contributed by atoms with van der Waals surface area (Å²) < 4.78 is 7.05. The minimum Gasteiger partial charge on any atom is -0.481 e. The van der Waals surface area contributed by atoms with E-state index >= 15 is 0 Å². The van der Waals surface area contributed by atoms with Crippen LogP contribution in [0.25, 0.3) is 16.9 Å². The highest BCUT2D eigenvalue weighted by atomic mass is 16.5. The van der Waals surface area contributed by atoms with E-state index < -0.39 is 5.97 Å². The minimum absolute atomic E-state index is 0.210. The van der Waals surface area contributed by atoms with Gasteiger partial charge in [0.05, 0.1) is 24.1 Å². The third-order valence-corrected chi connectivity index (χ3v) is 6.27. The van der Waals surface area contributed by atoms with Crippen molar-refractivity contribution in [3.63, 3.8) is 0 Å². The predicted octanol–water partition coefficient (Wildman–Crippen LogP) is 5.53. The highest BCUT2D eigenvalue weighted by molar-refractivity contribution is 5.96. The summed E-state index contributed by atoms with van der Waals surface area (Å²) >= 11 is 0. The molecule has 1 fully saturated rings. The monoisotopic (exact) mass is 469 g/mol. The van der Waals surface area contributed by atoms with E-state index in [4.69, 9.17) is 9.84 Å². The van der Waals surface area contributed by atoms with Gasteiger partial charge in [0.1, 0.15) is 5.82 Å². The molecule has 178 valence electrons. The highest BCUT2D eigenvalue weighted by Gasteiger charge is 2.34. The van der Waals surface area contributed by atoms with Gasteiger partial charge in [0, 0.05) is 35.5 Å². The summed E-state index contributed by atoms with van der Waals surface area (Å²) in [6.45, 7) is 3.99. The smallest absolute Gasteiger partial charge is 0.337 e. The lowest BCUT2D eigenvalue weighted by Crippen LogP contribution is -2.09. The van der Waals surface area contributed by atoms with Crippen LogP contribution in [-0.4, -0.2) is 37.9 Å². The van der Waals surface area contributed by atoms with Crippen LogP contribution in [-0.2, 0) is 6.42 Å². The second-order valence-corrected chi connectivity index (χ2v) is 8.69. The molecule has 8 heteroatoms. The van der Waals surface area contributed by atoms with Crippen molar-refractivity contribution in [2.24, 2.45) is 0 Å². The number of nitrogens with zero attached hydrogens (tertiary/aromatic N) is 4. The van der Waals surface area contributed by atoms with Gasteiger partial charge in [0.15, 0.2) is 5.82 Å². The Morgan fingerprint density at radius 1 is 1.20 bits per heavy atom. The Labute approximate surface area is 203 Å². The number of aryl methyl sites for hydroxylation is 2. The number of methoxy groups -OCH3 is 1. The molecule has 0 unspecified atom stereocenters. The van der Waals surface area contributed by atoms with Crippen molar-refractivity contribution in [1.29, 1.82) is 0 Å². The summed E-state index contributed by atoms with van der Waals surface area (Å²) in [7, 11) is 1.58. The van der Waals surface area contributed by atoms with E-state index in [0.717, 1.165) is 47.2 Å². The molecule has 1 aromatic carbocycles. The van der Waals surface area contributed by atoms with Gasteiger partial charge < -0.3 is 15.2 Å². The van der Waals surface area contributed by atoms with E-state index in [9.17, 15) is 9.90 Å². The van der Waals surface area contributed by atoms with Crippen LogP contribution >= 0.6 is 0 Å². The predicted molar refractivity (Wildman–Crippen MR) is 134 cm³/mol. The number of aromatic carboxylic acids is 1. The van der Waals surface area contributed by atoms with E-state index in [2.05, 4.69) is 15.3 Å². The standard InChI is InChI=1S/C27H27N5O3/c1-4-17-7-11-21(20(14-17)27(33)34)30-26-23(19-10-12-22(35-3)29-15-19)24(18-8-9-18)31-32(26)25-16(2)6-5-13-28-25/h5-7,10-15,18,30H,4,8-9H2,1-3H3,(H,33,34). The van der Waals surface area contributed by atoms with Crippen LogP contribution < -0.4 is 10.1 Å². The van der Waals surface area contributed by atoms with Gasteiger partial charge in [-0.25, -0.2) is 14.8 Å². The van der Waals surface area contributed by atoms with Crippen molar-refractivity contribution in [1.82, 2.24) is 19.7 Å². The fraction of sp³-hybridized carbons (Fsp3) is 0.259. The maximum atomic E-state index is 12.1. The molecular weight excluding hydrogens is 442 g/mol. The Morgan fingerprint density at radius 2 is 2.03 bits per heavy atom. The number of nitrogens with one attached hydrogen (secondary N) is 1. The quantitative estimate of drug-likeness (QED) is 0.350. The molecule has 35 heavy (non-hydrogen) atoms. The molecule has 4 aromatic rings. The summed E-state index contributed by atoms with van der Waals surface area (Å²) in [4.78, 5) is 21.2. The lowest BCUT2D eigenvalue weighted by molar-refractivity contribution is 0.0698. The number of rotatable bonds is 8. The van der Waals surface area contributed by atoms with Gasteiger partial charge in [0.2, 0.25) is 5.88 Å². The molecule has 0 atom stereocenters. The number of ether oxygens (including phenoxy) is 1. The third kappa shape index (κ3) is 4.35. The van der Waals surface area contributed by atoms with E-state index in [-0.39, 0.29) is 5.56 Å². The summed E-state index contributed by atoms with van der Waals surface area (Å²) in [5.41, 5.74) is 5.34. The SMILES string of the molecule is CCc1ccc(Nc2c(-c3ccc(OC)nc3)c(C3CC3)nn2-c2ncccc2C)c(C(=O)O)c1. The number of benzene rings is 1. The molecule has 0 aliphatic heterocycles. The molecule has 8 nitrogen and oxygen atoms in total. The average Bonchev–Trinajstić information content (AvgIpc) is 3.66. The third-order valence-electron chi connectivity index (χ3n) is 6.27. The molecule has 0 spiro atoms. The zero-order valence-electron chi connectivity index (χ0n) is 19.9. The van der Waals surface area contributed by atoms with Crippen LogP contribution in [0.2, 0.25) is 0 Å². The van der Waals surface area contributed by atoms with Crippen LogP contribution in [0.15, 0.2) is 54.9 Å². The van der Waals surface area contributed by atoms with E-state index in [1.54, 1.807) is 30.3 Å². The van der Waals surface area contributed by atoms with Crippen LogP contribution in [0.5, 0.6) is 5.88 Å². The first-order chi connectivity index (χ1) is 17.0. The number of hydrogen-bond acceptors (Lipinski definition) is 6. The Kier molecular flexibility index (Phi) is 5.94. The number of aromatic nitrogens is 4. The maximum absolute atomic E-state index is 12.1. The molecule has 2 N–H and O–H groups in total. The number of hydrogen-bond donors (Lipinski definition) is 2. The molecule has 0 bridgehead atoms. The van der Waals surface area contributed by atoms with Crippen molar-refractivity contribution < 1.29 is 14.6 Å². The van der Waals surface area contributed by atoms with Gasteiger partial charge in [-0.15, -0.1) is 0 Å². The molecule has 0 amide bonds. The minimum atomic E-state index is -0.988. The molecule has 1 saturated carbocycles. The molecule has 1 aliphatic carbocycles. The number of carboxylic acids is 1. The number of anilines is 2. The Balaban J connectivity index is 1.74. The van der Waals surface area contributed by atoms with Crippen molar-refractivity contribution in [3.8, 4) is 22.8 Å². The summed E-state index contributed by atoms with van der Waals surface area (Å²) in [5.74, 6) is 1.21. The Bertz CT molecular complexity index is 1390. The zero-order valence-corrected chi connectivity index (χ0v) is 19.9. The summed E-state index contributed by atoms with van der Waals surface area (Å²) in [5, 5.41) is 18.4. The van der Waals surface area contributed by atoms with E-state index in [1.165, 1.54) is 0 Å². The van der Waals surface area contributed by atoms with Gasteiger partial charge in [-0.3, -0.25) is 0 Å². The Hall–Kier alpha value is -4.20. The zero-order chi connectivity index (χ0) is 24.5. The van der Waals surface area contributed by atoms with Crippen molar-refractivity contribution in [3.05, 3.63) is 77.2 Å². The van der Waals surface area contributed by atoms with Crippen LogP contribution in [0.3, 0.4) is 0 Å². The number of carboxylic acid groups (broad SMARTS) is 1. The van der Waals surface area contributed by atoms with Crippen LogP contribution in [0, 0.1) is 6.92 Å². The molecule has 1 aliphatic rings. The second-order valence-electron chi connectivity index (χ2n) is 8.69. The molecular formula is C27H27N5O3. The van der Waals surface area contributed by atoms with E-state index in [0.29, 0.717) is 29.1 Å². The normalized spacial score (nSPS) is 13.0. The lowest BCUT2D eigenvalue weighted by atomic mass is 10.0. The first-order valence-electron chi connectivity index (χ1n) is 11.7. The van der Waals surface area contributed by atoms with Crippen molar-refractivity contribution in [2.45, 2.75) is 39.0 Å². The van der Waals surface area contributed by atoms with Gasteiger partial charge in [-0.2, -0.15) is 9.78 Å². The highest BCUT2D eigenvalue weighted by Crippen LogP contribution is 2.47. The largest absolute Gasteiger partial charge is 0.481 e. The van der Waals surface area contributed by atoms with Crippen molar-refractivity contribution >= 4 is 17.5 Å². The molecule has 3 aromatic heterocycles. The van der Waals surface area contributed by atoms with Gasteiger partial charge >= 0.3 is 5.97 Å². The number of carbonyl (C=O) groups is 1. The van der Waals surface area contributed by atoms with Gasteiger partial charge in [-0.05, 0) is 61.6 Å². The van der Waals surface area contributed by atoms with E-state index in [1.807, 2.05) is 50.2 Å². The summed E-state index contributed by atoms with van der Waals surface area (Å²) in [6, 6.07) is 13.1. The fourth-order valence-corrected chi connectivity index (χ4v) is 4.20. The lowest BCUT2D eigenvalue weighted by Gasteiger charge is -2.15. The first-order valence-corrected chi connectivity index (χ1v) is 11.7. The van der Waals surface area contributed by atoms with Crippen molar-refractivity contribution in [2.75, 3.05) is 12.4 Å². The molecule has 0 saturated heterocycles. The molecule has 0 radical (unpaired) electrons. The van der Waals surface area contributed by atoms with Gasteiger partial charge in [-0.1, -0.05) is 19.1 Å². The van der Waals surface area contributed by atoms with Crippen LogP contribution in [0.4, 0.5) is 11.5 Å². The summed E-state index contributed by atoms with van der Waals surface area (Å²) in [6.07, 6.45) is 6.36. The number of pyridine rings is 2. The first kappa shape index (κ1) is 22.6. The molecule has 3 heterocycles. The Morgan fingerprint density at radius 3 is 2.66 bits per heavy atom. The fourth-order valence-electron chi connectivity index (χ4n) is 4.20. The topological polar surface area (TPSA) is 102 Å². The second kappa shape index (κ2) is 9.21. The maximum Gasteiger partial charge on any atom is 0.337 e.